The van der Waals surface area contributed by atoms with E-state index in [-0.39, 0.29) is 34.0 Å². The normalized spacial score (nSPS) is 53.7. The lowest BCUT2D eigenvalue weighted by Crippen LogP contribution is -2.67. The van der Waals surface area contributed by atoms with Gasteiger partial charge >= 0.3 is 5.97 Å². The first kappa shape index (κ1) is 76.1. The highest BCUT2D eigenvalue weighted by Gasteiger charge is 2.71. The third-order valence-electron chi connectivity index (χ3n) is 25.2. The van der Waals surface area contributed by atoms with Gasteiger partial charge in [-0.25, -0.2) is 0 Å². The zero-order valence-electron chi connectivity index (χ0n) is 55.7. The van der Waals surface area contributed by atoms with Crippen molar-refractivity contribution in [2.45, 2.75) is 297 Å². The summed E-state index contributed by atoms with van der Waals surface area (Å²) in [6.07, 6.45) is -42.5. The summed E-state index contributed by atoms with van der Waals surface area (Å²) in [5, 5.41) is 204. The van der Waals surface area contributed by atoms with Crippen LogP contribution in [0, 0.1) is 50.2 Å². The molecule has 11 rings (SSSR count). The molecule has 19 N–H and O–H groups in total. The minimum Gasteiger partial charge on any atom is -0.432 e. The van der Waals surface area contributed by atoms with Crippen LogP contribution in [0.5, 0.6) is 0 Å². The predicted molar refractivity (Wildman–Crippen MR) is 322 cm³/mol. The predicted octanol–water partition coefficient (Wildman–Crippen LogP) is -5.75. The molecule has 0 amide bonds. The van der Waals surface area contributed by atoms with Gasteiger partial charge in [0.05, 0.1) is 51.2 Å². The van der Waals surface area contributed by atoms with E-state index in [4.69, 9.17) is 56.8 Å². The van der Waals surface area contributed by atoms with Crippen LogP contribution in [-0.2, 0) is 61.6 Å². The third kappa shape index (κ3) is 13.4. The smallest absolute Gasteiger partial charge is 0.315 e. The van der Waals surface area contributed by atoms with Crippen LogP contribution in [0.4, 0.5) is 0 Å². The summed E-state index contributed by atoms with van der Waals surface area (Å²) in [4.78, 5) is 15.3. The minimum atomic E-state index is -2.05. The summed E-state index contributed by atoms with van der Waals surface area (Å²) in [5.74, 6) is -0.848. The van der Waals surface area contributed by atoms with Crippen molar-refractivity contribution in [1.29, 1.82) is 0 Å². The molecule has 10 fully saturated rings. The van der Waals surface area contributed by atoms with Crippen LogP contribution < -0.4 is 0 Å². The van der Waals surface area contributed by atoms with Crippen LogP contribution in [-0.4, -0.2) is 327 Å². The van der Waals surface area contributed by atoms with Gasteiger partial charge in [0.1, 0.15) is 140 Å². The number of hydrogen-bond acceptors (Lipinski definition) is 32. The summed E-state index contributed by atoms with van der Waals surface area (Å²) in [5.41, 5.74) is -1.87. The molecule has 32 nitrogen and oxygen atoms in total. The number of hydrogen-bond donors (Lipinski definition) is 19. The maximum absolute atomic E-state index is 15.3. The summed E-state index contributed by atoms with van der Waals surface area (Å²) < 4.78 is 72.2. The maximum Gasteiger partial charge on any atom is 0.315 e. The molecule has 4 saturated carbocycles. The number of allylic oxidation sites excluding steroid dienone is 2. The lowest BCUT2D eigenvalue weighted by atomic mass is 9.33. The number of ether oxygens (including phenoxy) is 12. The molecule has 0 bridgehead atoms. The Morgan fingerprint density at radius 3 is 1.42 bits per heavy atom. The van der Waals surface area contributed by atoms with Gasteiger partial charge in [-0.1, -0.05) is 60.1 Å². The molecule has 32 heteroatoms. The number of aliphatic hydroxyl groups excluding tert-OH is 19. The van der Waals surface area contributed by atoms with Crippen molar-refractivity contribution in [1.82, 2.24) is 0 Å². The second-order valence-electron chi connectivity index (χ2n) is 31.5. The average Bonchev–Trinajstić information content (AvgIpc) is 0.676. The lowest BCUT2D eigenvalue weighted by Gasteiger charge is -2.71. The Kier molecular flexibility index (Phi) is 22.6. The van der Waals surface area contributed by atoms with Gasteiger partial charge in [0.25, 0.3) is 0 Å². The van der Waals surface area contributed by atoms with Crippen LogP contribution in [0.25, 0.3) is 0 Å². The molecule has 5 aliphatic carbocycles. The number of rotatable bonds is 17. The largest absolute Gasteiger partial charge is 0.432 e. The molecule has 0 aromatic carbocycles. The summed E-state index contributed by atoms with van der Waals surface area (Å²) in [7, 11) is 0. The Morgan fingerprint density at radius 2 is 0.907 bits per heavy atom. The highest BCUT2D eigenvalue weighted by atomic mass is 16.8. The molecule has 6 aliphatic heterocycles. The summed E-state index contributed by atoms with van der Waals surface area (Å²) >= 11 is 0. The highest BCUT2D eigenvalue weighted by Crippen LogP contribution is 2.76. The molecule has 11 aliphatic rings. The maximum atomic E-state index is 15.3. The van der Waals surface area contributed by atoms with Crippen molar-refractivity contribution >= 4 is 5.97 Å². The van der Waals surface area contributed by atoms with Gasteiger partial charge in [0.2, 0.25) is 6.29 Å². The SMILES string of the molecule is CC1(C)CC[C@]2(C(=O)O[C@@H]3O[C@H](CO[C@@H]4O[C@H](CO)[C@@H](O)[C@H](O)[C@H]4O)[C@@H](O)[C@H](O)[C@H]3O)CC[C@]3(C)C(=CC[C@@H]4[C@@]5(C)CC[C@H](O[C@@H]6OC[C@H](O)[C@H](O[C@@H]7O[C@H](CO)[C@@H](O)[C@H](O)[C@H]7O)[C@H]6O[C@@H]6O[C@H](CO[C@@H]7O[C@H](CO)[C@@H](O)[C@H](O)[C@H]7O)[C@@H](O)[C@H](O)[C@H]6O)C(C)(C)[C@@H]5CC[C@]43C)[C@@H]2C1. The number of carbonyl (C=O) groups is 1. The second-order valence-corrected chi connectivity index (χ2v) is 31.5. The van der Waals surface area contributed by atoms with Gasteiger partial charge in [-0.15, -0.1) is 0 Å². The van der Waals surface area contributed by atoms with Gasteiger partial charge < -0.3 is 154 Å². The first-order valence-electron chi connectivity index (χ1n) is 34.3. The first-order valence-corrected chi connectivity index (χ1v) is 34.3. The van der Waals surface area contributed by atoms with Gasteiger partial charge in [0.15, 0.2) is 31.5 Å². The molecular formula is C65H106O32. The molecule has 0 aromatic heterocycles. The summed E-state index contributed by atoms with van der Waals surface area (Å²) in [6.45, 7) is 11.5. The van der Waals surface area contributed by atoms with E-state index in [0.717, 1.165) is 18.4 Å². The van der Waals surface area contributed by atoms with Crippen molar-refractivity contribution in [2.75, 3.05) is 39.6 Å². The lowest BCUT2D eigenvalue weighted by molar-refractivity contribution is -0.391. The molecule has 37 atom stereocenters. The molecule has 0 spiro atoms. The molecule has 6 saturated heterocycles. The van der Waals surface area contributed by atoms with Crippen molar-refractivity contribution in [3.63, 3.8) is 0 Å². The molecular weight excluding hydrogens is 1290 g/mol. The molecule has 558 valence electrons. The molecule has 0 radical (unpaired) electrons. The Balaban J connectivity index is 0.822. The Morgan fingerprint density at radius 1 is 0.464 bits per heavy atom. The number of carbonyl (C=O) groups excluding carboxylic acids is 1. The highest BCUT2D eigenvalue weighted by molar-refractivity contribution is 5.79. The van der Waals surface area contributed by atoms with Crippen LogP contribution in [0.1, 0.15) is 113 Å². The topological polar surface area (TPSA) is 512 Å². The fourth-order valence-electron chi connectivity index (χ4n) is 19.0. The molecule has 6 heterocycles. The van der Waals surface area contributed by atoms with Gasteiger partial charge in [-0.2, -0.15) is 0 Å². The molecule has 0 aromatic rings. The quantitative estimate of drug-likeness (QED) is 0.0366. The standard InChI is InChI=1S/C65H106O32/c1-60(2)14-16-65(59(85)97-57-50(84)45(79)40(74)32(93-57)24-88-54-47(81)42(76)37(71)29(20-67)90-54)17-15-63(6)25(26(65)18-60)8-9-34-62(5)12-11-35(61(3,4)33(62)10-13-64(34,63)7)94-58-52(51(27(69)22-86-58)95-55-48(82)43(77)38(72)30(21-68)91-55)96-56-49(83)44(78)39(73)31(92-56)23-87-53-46(80)41(75)36(70)28(19-66)89-53/h8,26-58,66-84H,9-24H2,1-7H3/t26-,27-,28+,29+,30+,31+,32+,33-,34+,35-,36+,37+,38+,39+,40+,41-,42-,43-,44-,45-,46+,47+,48+,49+,50+,51-,52+,53+,54+,55-,56-,57-,58-,62-,63+,64+,65-/m0/s1. The number of aliphatic hydroxyl groups is 19. The van der Waals surface area contributed by atoms with Crippen LogP contribution in [0.3, 0.4) is 0 Å². The zero-order valence-corrected chi connectivity index (χ0v) is 55.7. The number of fused-ring (bicyclic) bond motifs is 7. The van der Waals surface area contributed by atoms with Gasteiger partial charge in [-0.05, 0) is 109 Å². The average molecular weight is 1400 g/mol. The first-order chi connectivity index (χ1) is 45.5. The fraction of sp³-hybridized carbons (Fsp3) is 0.954. The zero-order chi connectivity index (χ0) is 70.7. The Labute approximate surface area is 561 Å². The van der Waals surface area contributed by atoms with Gasteiger partial charge in [0, 0.05) is 0 Å². The Bertz CT molecular complexity index is 2710. The van der Waals surface area contributed by atoms with E-state index in [2.05, 4.69) is 54.5 Å². The van der Waals surface area contributed by atoms with E-state index in [1.165, 1.54) is 0 Å². The molecule has 0 unspecified atom stereocenters. The second kappa shape index (κ2) is 28.8. The van der Waals surface area contributed by atoms with E-state index in [1.807, 2.05) is 0 Å². The van der Waals surface area contributed by atoms with E-state index >= 15 is 4.79 Å². The van der Waals surface area contributed by atoms with E-state index in [1.54, 1.807) is 0 Å². The van der Waals surface area contributed by atoms with E-state index < -0.39 is 246 Å². The van der Waals surface area contributed by atoms with Crippen LogP contribution >= 0.6 is 0 Å². The van der Waals surface area contributed by atoms with E-state index in [0.29, 0.717) is 51.4 Å². The molecule has 97 heavy (non-hydrogen) atoms. The van der Waals surface area contributed by atoms with E-state index in [9.17, 15) is 97.0 Å². The number of esters is 1. The van der Waals surface area contributed by atoms with Crippen LogP contribution in [0.15, 0.2) is 11.6 Å². The monoisotopic (exact) mass is 1400 g/mol. The van der Waals surface area contributed by atoms with Crippen molar-refractivity contribution < 1.29 is 159 Å². The van der Waals surface area contributed by atoms with Crippen molar-refractivity contribution in [3.05, 3.63) is 11.6 Å². The van der Waals surface area contributed by atoms with Crippen LogP contribution in [0.2, 0.25) is 0 Å². The Hall–Kier alpha value is -1.99. The third-order valence-corrected chi connectivity index (χ3v) is 25.2. The van der Waals surface area contributed by atoms with Gasteiger partial charge in [-0.3, -0.25) is 4.79 Å². The van der Waals surface area contributed by atoms with Crippen molar-refractivity contribution in [3.8, 4) is 0 Å². The summed E-state index contributed by atoms with van der Waals surface area (Å²) in [6, 6.07) is 0. The minimum absolute atomic E-state index is 0.0110. The fourth-order valence-corrected chi connectivity index (χ4v) is 19.0. The van der Waals surface area contributed by atoms with Crippen molar-refractivity contribution in [2.24, 2.45) is 50.2 Å².